The van der Waals surface area contributed by atoms with Crippen LogP contribution in [0.5, 0.6) is 0 Å². The van der Waals surface area contributed by atoms with Crippen LogP contribution in [0.2, 0.25) is 0 Å². The summed E-state index contributed by atoms with van der Waals surface area (Å²) in [5.74, 6) is -0.360. The zero-order valence-corrected chi connectivity index (χ0v) is 9.00. The number of benzene rings is 1. The van der Waals surface area contributed by atoms with Crippen LogP contribution >= 0.6 is 0 Å². The maximum Gasteiger partial charge on any atom is 0.305 e. The van der Waals surface area contributed by atoms with E-state index in [1.165, 1.54) is 6.92 Å². The Morgan fingerprint density at radius 1 is 1.50 bits per heavy atom. The Labute approximate surface area is 93.8 Å². The van der Waals surface area contributed by atoms with Crippen molar-refractivity contribution in [1.29, 1.82) is 0 Å². The molecule has 1 aromatic carbocycles. The summed E-state index contributed by atoms with van der Waals surface area (Å²) < 4.78 is 9.96. The number of epoxide rings is 1. The van der Waals surface area contributed by atoms with Gasteiger partial charge in [0.05, 0.1) is 6.10 Å². The first-order chi connectivity index (χ1) is 7.66. The van der Waals surface area contributed by atoms with Crippen LogP contribution in [0.4, 0.5) is 0 Å². The summed E-state index contributed by atoms with van der Waals surface area (Å²) >= 11 is 0. The smallest absolute Gasteiger partial charge is 0.305 e. The Bertz CT molecular complexity index is 363. The molecule has 0 bridgehead atoms. The highest BCUT2D eigenvalue weighted by Crippen LogP contribution is 2.32. The molecular weight excluding hydrogens is 208 g/mol. The highest BCUT2D eigenvalue weighted by Gasteiger charge is 2.43. The Hall–Kier alpha value is -1.39. The monoisotopic (exact) mass is 222 g/mol. The van der Waals surface area contributed by atoms with Gasteiger partial charge in [-0.3, -0.25) is 4.79 Å². The molecule has 0 saturated carbocycles. The second-order valence-corrected chi connectivity index (χ2v) is 3.81. The fourth-order valence-electron chi connectivity index (χ4n) is 1.59. The fraction of sp³-hybridized carbons (Fsp3) is 0.417. The number of hydrogen-bond donors (Lipinski definition) is 1. The predicted octanol–water partition coefficient (Wildman–Crippen LogP) is 1.40. The van der Waals surface area contributed by atoms with E-state index in [4.69, 9.17) is 9.47 Å². The lowest BCUT2D eigenvalue weighted by atomic mass is 10.1. The van der Waals surface area contributed by atoms with Crippen LogP contribution in [0, 0.1) is 0 Å². The highest BCUT2D eigenvalue weighted by atomic mass is 16.8. The van der Waals surface area contributed by atoms with Gasteiger partial charge in [0.25, 0.3) is 0 Å². The number of rotatable bonds is 4. The Morgan fingerprint density at radius 2 is 2.19 bits per heavy atom. The molecule has 1 N–H and O–H groups in total. The van der Waals surface area contributed by atoms with Crippen LogP contribution in [-0.4, -0.2) is 23.5 Å². The molecule has 1 saturated heterocycles. The average Bonchev–Trinajstić information content (AvgIpc) is 2.96. The van der Waals surface area contributed by atoms with Gasteiger partial charge in [0, 0.05) is 13.3 Å². The zero-order chi connectivity index (χ0) is 11.5. The number of ether oxygens (including phenoxy) is 2. The van der Waals surface area contributed by atoms with Gasteiger partial charge >= 0.3 is 5.97 Å². The summed E-state index contributed by atoms with van der Waals surface area (Å²) in [6.07, 6.45) is -0.788. The van der Waals surface area contributed by atoms with E-state index < -0.39 is 12.4 Å². The van der Waals surface area contributed by atoms with Crippen molar-refractivity contribution in [3.63, 3.8) is 0 Å². The quantitative estimate of drug-likeness (QED) is 0.618. The summed E-state index contributed by atoms with van der Waals surface area (Å²) in [4.78, 5) is 10.6. The van der Waals surface area contributed by atoms with Crippen LogP contribution in [0.25, 0.3) is 0 Å². The van der Waals surface area contributed by atoms with Crippen LogP contribution in [0.1, 0.15) is 25.0 Å². The molecule has 2 rings (SSSR count). The SMILES string of the molecule is CC(=O)O[C@@H]1O[C@@H]1C[C@H](O)c1ccccc1. The summed E-state index contributed by atoms with van der Waals surface area (Å²) in [7, 11) is 0. The van der Waals surface area contributed by atoms with Crippen molar-refractivity contribution in [2.75, 3.05) is 0 Å². The number of aliphatic hydroxyl groups is 1. The molecule has 1 aliphatic rings. The maximum atomic E-state index is 10.6. The molecule has 1 aliphatic heterocycles. The Balaban J connectivity index is 1.82. The third-order valence-corrected chi connectivity index (χ3v) is 2.46. The average molecular weight is 222 g/mol. The largest absolute Gasteiger partial charge is 0.433 e. The molecule has 0 unspecified atom stereocenters. The van der Waals surface area contributed by atoms with Gasteiger partial charge < -0.3 is 14.6 Å². The molecule has 4 nitrogen and oxygen atoms in total. The molecule has 0 aliphatic carbocycles. The Kier molecular flexibility index (Phi) is 3.22. The number of aliphatic hydroxyl groups excluding tert-OH is 1. The van der Waals surface area contributed by atoms with Crippen molar-refractivity contribution >= 4 is 5.97 Å². The van der Waals surface area contributed by atoms with Gasteiger partial charge in [-0.15, -0.1) is 0 Å². The molecule has 0 radical (unpaired) electrons. The van der Waals surface area contributed by atoms with Gasteiger partial charge in [-0.25, -0.2) is 0 Å². The summed E-state index contributed by atoms with van der Waals surface area (Å²) in [6.45, 7) is 1.34. The van der Waals surface area contributed by atoms with Crippen molar-refractivity contribution < 1.29 is 19.4 Å². The fourth-order valence-corrected chi connectivity index (χ4v) is 1.59. The molecule has 1 heterocycles. The number of carbonyl (C=O) groups is 1. The van der Waals surface area contributed by atoms with Crippen LogP contribution < -0.4 is 0 Å². The van der Waals surface area contributed by atoms with E-state index in [0.29, 0.717) is 6.42 Å². The minimum absolute atomic E-state index is 0.181. The first-order valence-corrected chi connectivity index (χ1v) is 5.22. The van der Waals surface area contributed by atoms with Crippen LogP contribution in [-0.2, 0) is 14.3 Å². The molecule has 1 aromatic rings. The standard InChI is InChI=1S/C12H14O4/c1-8(13)15-12-11(16-12)7-10(14)9-5-3-2-4-6-9/h2-6,10-12,14H,7H2,1H3/t10-,11+,12+/m0/s1. The molecule has 86 valence electrons. The zero-order valence-electron chi connectivity index (χ0n) is 9.00. The van der Waals surface area contributed by atoms with E-state index in [1.54, 1.807) is 0 Å². The molecule has 16 heavy (non-hydrogen) atoms. The van der Waals surface area contributed by atoms with E-state index in [0.717, 1.165) is 5.56 Å². The molecular formula is C12H14O4. The molecule has 0 amide bonds. The minimum atomic E-state index is -0.577. The molecule has 1 fully saturated rings. The van der Waals surface area contributed by atoms with Crippen LogP contribution in [0.15, 0.2) is 30.3 Å². The molecule has 3 atom stereocenters. The number of hydrogen-bond acceptors (Lipinski definition) is 4. The van der Waals surface area contributed by atoms with Crippen LogP contribution in [0.3, 0.4) is 0 Å². The second kappa shape index (κ2) is 4.63. The predicted molar refractivity (Wildman–Crippen MR) is 56.4 cm³/mol. The molecule has 4 heteroatoms. The number of carbonyl (C=O) groups excluding carboxylic acids is 1. The Morgan fingerprint density at radius 3 is 2.81 bits per heavy atom. The topological polar surface area (TPSA) is 59.1 Å². The lowest BCUT2D eigenvalue weighted by Gasteiger charge is -2.08. The van der Waals surface area contributed by atoms with Gasteiger partial charge in [-0.1, -0.05) is 30.3 Å². The summed E-state index contributed by atoms with van der Waals surface area (Å²) in [6, 6.07) is 9.35. The lowest BCUT2D eigenvalue weighted by molar-refractivity contribution is -0.145. The van der Waals surface area contributed by atoms with Crippen molar-refractivity contribution in [3.05, 3.63) is 35.9 Å². The van der Waals surface area contributed by atoms with Gasteiger partial charge in [0.15, 0.2) is 0 Å². The minimum Gasteiger partial charge on any atom is -0.433 e. The van der Waals surface area contributed by atoms with E-state index in [1.807, 2.05) is 30.3 Å². The van der Waals surface area contributed by atoms with E-state index in [-0.39, 0.29) is 12.1 Å². The van der Waals surface area contributed by atoms with Crippen molar-refractivity contribution in [1.82, 2.24) is 0 Å². The first kappa shape index (κ1) is 11.1. The third-order valence-electron chi connectivity index (χ3n) is 2.46. The summed E-state index contributed by atoms with van der Waals surface area (Å²) in [5, 5.41) is 9.86. The molecule has 0 spiro atoms. The normalized spacial score (nSPS) is 24.9. The third kappa shape index (κ3) is 2.81. The van der Waals surface area contributed by atoms with E-state index in [2.05, 4.69) is 0 Å². The van der Waals surface area contributed by atoms with Crippen molar-refractivity contribution in [2.45, 2.75) is 31.8 Å². The van der Waals surface area contributed by atoms with Crippen molar-refractivity contribution in [2.24, 2.45) is 0 Å². The van der Waals surface area contributed by atoms with Gasteiger partial charge in [0.1, 0.15) is 6.10 Å². The first-order valence-electron chi connectivity index (χ1n) is 5.22. The van der Waals surface area contributed by atoms with Gasteiger partial charge in [0.2, 0.25) is 6.29 Å². The maximum absolute atomic E-state index is 10.6. The van der Waals surface area contributed by atoms with Crippen molar-refractivity contribution in [3.8, 4) is 0 Å². The highest BCUT2D eigenvalue weighted by molar-refractivity contribution is 5.66. The van der Waals surface area contributed by atoms with Gasteiger partial charge in [-0.2, -0.15) is 0 Å². The second-order valence-electron chi connectivity index (χ2n) is 3.81. The number of esters is 1. The van der Waals surface area contributed by atoms with E-state index >= 15 is 0 Å². The van der Waals surface area contributed by atoms with Gasteiger partial charge in [-0.05, 0) is 5.56 Å². The lowest BCUT2D eigenvalue weighted by Crippen LogP contribution is -2.08. The molecule has 0 aromatic heterocycles. The van der Waals surface area contributed by atoms with E-state index in [9.17, 15) is 9.90 Å². The summed E-state index contributed by atoms with van der Waals surface area (Å²) in [5.41, 5.74) is 0.847.